The molecule has 1 spiro atoms. The highest BCUT2D eigenvalue weighted by atomic mass is 32.1. The molecule has 4 rings (SSSR count). The molecule has 2 aliphatic rings. The Balaban J connectivity index is 1.21. The van der Waals surface area contributed by atoms with Crippen molar-refractivity contribution in [3.8, 4) is 0 Å². The molecular formula is C22H27FN2O2S. The summed E-state index contributed by atoms with van der Waals surface area (Å²) in [7, 11) is 0. The van der Waals surface area contributed by atoms with E-state index in [4.69, 9.17) is 4.74 Å². The molecule has 1 amide bonds. The SMILES string of the molecule is O=C(Cc1ccsc1)NC[C@H]1CCC2(CCN(Cc3ccccc3F)CC2)O1. The number of halogens is 1. The Kier molecular flexibility index (Phi) is 6.09. The summed E-state index contributed by atoms with van der Waals surface area (Å²) in [5, 5.41) is 7.02. The van der Waals surface area contributed by atoms with E-state index in [1.807, 2.05) is 29.0 Å². The molecular weight excluding hydrogens is 375 g/mol. The van der Waals surface area contributed by atoms with Gasteiger partial charge in [0.05, 0.1) is 18.1 Å². The van der Waals surface area contributed by atoms with Gasteiger partial charge in [0.1, 0.15) is 5.82 Å². The minimum absolute atomic E-state index is 0.0580. The highest BCUT2D eigenvalue weighted by Crippen LogP contribution is 2.39. The second kappa shape index (κ2) is 8.72. The van der Waals surface area contributed by atoms with Crippen LogP contribution in [0.5, 0.6) is 0 Å². The third kappa shape index (κ3) is 4.80. The van der Waals surface area contributed by atoms with Crippen LogP contribution in [0.1, 0.15) is 36.8 Å². The summed E-state index contributed by atoms with van der Waals surface area (Å²) in [6.07, 6.45) is 4.52. The second-order valence-electron chi connectivity index (χ2n) is 7.94. The monoisotopic (exact) mass is 402 g/mol. The van der Waals surface area contributed by atoms with Crippen molar-refractivity contribution in [1.29, 1.82) is 0 Å². The van der Waals surface area contributed by atoms with Gasteiger partial charge in [-0.3, -0.25) is 9.69 Å². The van der Waals surface area contributed by atoms with Gasteiger partial charge in [0.15, 0.2) is 0 Å². The van der Waals surface area contributed by atoms with E-state index >= 15 is 0 Å². The topological polar surface area (TPSA) is 41.6 Å². The lowest BCUT2D eigenvalue weighted by molar-refractivity contribution is -0.122. The molecule has 6 heteroatoms. The third-order valence-corrected chi connectivity index (χ3v) is 6.66. The zero-order valence-electron chi connectivity index (χ0n) is 16.0. The second-order valence-corrected chi connectivity index (χ2v) is 8.72. The molecule has 1 N–H and O–H groups in total. The number of rotatable bonds is 6. The Bertz CT molecular complexity index is 788. The molecule has 0 bridgehead atoms. The number of carbonyl (C=O) groups excluding carboxylic acids is 1. The van der Waals surface area contributed by atoms with Gasteiger partial charge in [-0.25, -0.2) is 4.39 Å². The number of hydrogen-bond acceptors (Lipinski definition) is 4. The van der Waals surface area contributed by atoms with Crippen LogP contribution in [0.3, 0.4) is 0 Å². The average molecular weight is 403 g/mol. The zero-order valence-corrected chi connectivity index (χ0v) is 16.8. The summed E-state index contributed by atoms with van der Waals surface area (Å²) in [6.45, 7) is 3.09. The van der Waals surface area contributed by atoms with Crippen molar-refractivity contribution in [2.45, 2.75) is 50.4 Å². The maximum Gasteiger partial charge on any atom is 0.224 e. The van der Waals surface area contributed by atoms with Crippen molar-refractivity contribution in [2.24, 2.45) is 0 Å². The fourth-order valence-electron chi connectivity index (χ4n) is 4.26. The number of carbonyl (C=O) groups is 1. The summed E-state index contributed by atoms with van der Waals surface area (Å²) in [4.78, 5) is 14.4. The van der Waals surface area contributed by atoms with Gasteiger partial charge in [-0.05, 0) is 54.1 Å². The molecule has 1 aromatic carbocycles. The van der Waals surface area contributed by atoms with Gasteiger partial charge in [-0.15, -0.1) is 0 Å². The van der Waals surface area contributed by atoms with Gasteiger partial charge < -0.3 is 10.1 Å². The minimum atomic E-state index is -0.127. The van der Waals surface area contributed by atoms with Gasteiger partial charge >= 0.3 is 0 Å². The number of nitrogens with one attached hydrogen (secondary N) is 1. The molecule has 3 heterocycles. The van der Waals surface area contributed by atoms with E-state index in [1.54, 1.807) is 17.4 Å². The van der Waals surface area contributed by atoms with Gasteiger partial charge in [0, 0.05) is 31.7 Å². The highest BCUT2D eigenvalue weighted by molar-refractivity contribution is 7.08. The third-order valence-electron chi connectivity index (χ3n) is 5.93. The Morgan fingerprint density at radius 2 is 2.07 bits per heavy atom. The highest BCUT2D eigenvalue weighted by Gasteiger charge is 2.42. The average Bonchev–Trinajstić information content (AvgIpc) is 3.34. The Morgan fingerprint density at radius 3 is 2.82 bits per heavy atom. The Morgan fingerprint density at radius 1 is 1.25 bits per heavy atom. The lowest BCUT2D eigenvalue weighted by Gasteiger charge is -2.39. The summed E-state index contributed by atoms with van der Waals surface area (Å²) in [5.74, 6) is -0.0687. The molecule has 4 nitrogen and oxygen atoms in total. The molecule has 0 unspecified atom stereocenters. The van der Waals surface area contributed by atoms with E-state index < -0.39 is 0 Å². The lowest BCUT2D eigenvalue weighted by atomic mass is 9.88. The van der Waals surface area contributed by atoms with Crippen molar-refractivity contribution in [3.63, 3.8) is 0 Å². The van der Waals surface area contributed by atoms with Crippen LogP contribution in [0.4, 0.5) is 4.39 Å². The van der Waals surface area contributed by atoms with Crippen molar-refractivity contribution >= 4 is 17.2 Å². The number of amides is 1. The quantitative estimate of drug-likeness (QED) is 0.800. The Hall–Kier alpha value is -1.76. The molecule has 0 saturated carbocycles. The number of likely N-dealkylation sites (tertiary alicyclic amines) is 1. The summed E-state index contributed by atoms with van der Waals surface area (Å²) in [6, 6.07) is 9.00. The summed E-state index contributed by atoms with van der Waals surface area (Å²) < 4.78 is 20.3. The number of thiophene rings is 1. The molecule has 28 heavy (non-hydrogen) atoms. The number of hydrogen-bond donors (Lipinski definition) is 1. The first-order valence-corrected chi connectivity index (χ1v) is 11.0. The first-order chi connectivity index (χ1) is 13.6. The van der Waals surface area contributed by atoms with E-state index in [0.29, 0.717) is 19.5 Å². The van der Waals surface area contributed by atoms with E-state index in [2.05, 4.69) is 10.2 Å². The van der Waals surface area contributed by atoms with E-state index in [9.17, 15) is 9.18 Å². The molecule has 2 aromatic rings. The van der Waals surface area contributed by atoms with Crippen molar-refractivity contribution in [1.82, 2.24) is 10.2 Å². The number of piperidine rings is 1. The number of nitrogens with zero attached hydrogens (tertiary/aromatic N) is 1. The normalized spacial score (nSPS) is 21.8. The summed E-state index contributed by atoms with van der Waals surface area (Å²) in [5.41, 5.74) is 1.76. The lowest BCUT2D eigenvalue weighted by Crippen LogP contribution is -2.45. The zero-order chi connectivity index (χ0) is 19.4. The molecule has 1 atom stereocenters. The van der Waals surface area contributed by atoms with Crippen LogP contribution < -0.4 is 5.32 Å². The van der Waals surface area contributed by atoms with Crippen LogP contribution in [-0.2, 0) is 22.5 Å². The fraction of sp³-hybridized carbons (Fsp3) is 0.500. The smallest absolute Gasteiger partial charge is 0.224 e. The molecule has 0 radical (unpaired) electrons. The number of ether oxygens (including phenoxy) is 1. The Labute approximate surface area is 169 Å². The number of benzene rings is 1. The van der Waals surface area contributed by atoms with Crippen LogP contribution in [0.15, 0.2) is 41.1 Å². The fourth-order valence-corrected chi connectivity index (χ4v) is 4.93. The standard InChI is InChI=1S/C22H27FN2O2S/c23-20-4-2-1-3-18(20)15-25-10-8-22(9-11-25)7-5-19(27-22)14-24-21(26)13-17-6-12-28-16-17/h1-4,6,12,16,19H,5,7-11,13-15H2,(H,24,26)/t19-/m1/s1. The predicted molar refractivity (Wildman–Crippen MR) is 109 cm³/mol. The minimum Gasteiger partial charge on any atom is -0.370 e. The predicted octanol–water partition coefficient (Wildman–Crippen LogP) is 3.76. The van der Waals surface area contributed by atoms with Crippen LogP contribution in [0, 0.1) is 5.82 Å². The first kappa shape index (κ1) is 19.6. The van der Waals surface area contributed by atoms with E-state index in [0.717, 1.165) is 49.9 Å². The molecule has 0 aliphatic carbocycles. The summed E-state index contributed by atoms with van der Waals surface area (Å²) >= 11 is 1.61. The van der Waals surface area contributed by atoms with Crippen LogP contribution in [-0.4, -0.2) is 42.1 Å². The van der Waals surface area contributed by atoms with Gasteiger partial charge in [-0.1, -0.05) is 18.2 Å². The van der Waals surface area contributed by atoms with Crippen molar-refractivity contribution in [3.05, 3.63) is 58.0 Å². The van der Waals surface area contributed by atoms with E-state index in [-0.39, 0.29) is 23.4 Å². The van der Waals surface area contributed by atoms with Crippen LogP contribution in [0.25, 0.3) is 0 Å². The van der Waals surface area contributed by atoms with Crippen LogP contribution in [0.2, 0.25) is 0 Å². The molecule has 2 saturated heterocycles. The maximum absolute atomic E-state index is 13.9. The van der Waals surface area contributed by atoms with Gasteiger partial charge in [0.2, 0.25) is 5.91 Å². The van der Waals surface area contributed by atoms with E-state index in [1.165, 1.54) is 6.07 Å². The largest absolute Gasteiger partial charge is 0.370 e. The van der Waals surface area contributed by atoms with Gasteiger partial charge in [0.25, 0.3) is 0 Å². The molecule has 1 aromatic heterocycles. The van der Waals surface area contributed by atoms with Gasteiger partial charge in [-0.2, -0.15) is 11.3 Å². The maximum atomic E-state index is 13.9. The molecule has 2 fully saturated rings. The molecule has 2 aliphatic heterocycles. The van der Waals surface area contributed by atoms with Crippen molar-refractivity contribution < 1.29 is 13.9 Å². The van der Waals surface area contributed by atoms with Crippen LogP contribution >= 0.6 is 11.3 Å². The molecule has 150 valence electrons. The first-order valence-electron chi connectivity index (χ1n) is 10.0. The van der Waals surface area contributed by atoms with Crippen molar-refractivity contribution in [2.75, 3.05) is 19.6 Å².